The van der Waals surface area contributed by atoms with Gasteiger partial charge >= 0.3 is 6.18 Å². The van der Waals surface area contributed by atoms with Crippen molar-refractivity contribution in [1.82, 2.24) is 5.32 Å². The van der Waals surface area contributed by atoms with E-state index in [0.717, 1.165) is 32.0 Å². The molecule has 0 bridgehead atoms. The van der Waals surface area contributed by atoms with Crippen molar-refractivity contribution in [1.29, 1.82) is 0 Å². The molecule has 1 N–H and O–H groups in total. The van der Waals surface area contributed by atoms with Gasteiger partial charge in [0.05, 0.1) is 17.2 Å². The number of ether oxygens (including phenoxy) is 1. The highest BCUT2D eigenvalue weighted by Crippen LogP contribution is 2.36. The zero-order valence-corrected chi connectivity index (χ0v) is 11.0. The zero-order chi connectivity index (χ0) is 13.9. The second-order valence-corrected chi connectivity index (χ2v) is 5.05. The number of halogens is 4. The van der Waals surface area contributed by atoms with Crippen molar-refractivity contribution in [2.45, 2.75) is 19.0 Å². The summed E-state index contributed by atoms with van der Waals surface area (Å²) in [6.45, 7) is 2.31. The van der Waals surface area contributed by atoms with Crippen LogP contribution in [0.5, 0.6) is 5.75 Å². The van der Waals surface area contributed by atoms with Crippen molar-refractivity contribution in [2.75, 3.05) is 19.7 Å². The summed E-state index contributed by atoms with van der Waals surface area (Å²) in [7, 11) is 0. The molecule has 1 aromatic carbocycles. The van der Waals surface area contributed by atoms with E-state index in [2.05, 4.69) is 5.32 Å². The highest BCUT2D eigenvalue weighted by atomic mass is 35.5. The lowest BCUT2D eigenvalue weighted by molar-refractivity contribution is -0.137. The van der Waals surface area contributed by atoms with Gasteiger partial charge in [0.15, 0.2) is 0 Å². The Labute approximate surface area is 114 Å². The molecule has 1 heterocycles. The van der Waals surface area contributed by atoms with E-state index in [1.54, 1.807) is 0 Å². The van der Waals surface area contributed by atoms with Crippen molar-refractivity contribution in [2.24, 2.45) is 5.92 Å². The van der Waals surface area contributed by atoms with Crippen LogP contribution in [-0.2, 0) is 6.18 Å². The summed E-state index contributed by atoms with van der Waals surface area (Å²) in [6.07, 6.45) is -2.48. The van der Waals surface area contributed by atoms with Crippen LogP contribution in [0.1, 0.15) is 18.4 Å². The number of hydrogen-bond acceptors (Lipinski definition) is 2. The Kier molecular flexibility index (Phi) is 4.58. The van der Waals surface area contributed by atoms with Crippen LogP contribution < -0.4 is 10.1 Å². The number of alkyl halides is 3. The number of rotatable bonds is 3. The largest absolute Gasteiger partial charge is 0.493 e. The SMILES string of the molecule is FC(F)(F)c1cc(OCC2CCNCC2)ccc1Cl. The van der Waals surface area contributed by atoms with Crippen LogP contribution in [-0.4, -0.2) is 19.7 Å². The molecule has 2 rings (SSSR count). The van der Waals surface area contributed by atoms with Gasteiger partial charge in [-0.05, 0) is 50.0 Å². The molecule has 1 saturated heterocycles. The second kappa shape index (κ2) is 6.01. The highest BCUT2D eigenvalue weighted by molar-refractivity contribution is 6.31. The van der Waals surface area contributed by atoms with Crippen molar-refractivity contribution in [3.63, 3.8) is 0 Å². The van der Waals surface area contributed by atoms with Crippen molar-refractivity contribution in [3.8, 4) is 5.75 Å². The van der Waals surface area contributed by atoms with Crippen LogP contribution in [0.15, 0.2) is 18.2 Å². The maximum atomic E-state index is 12.7. The molecule has 106 valence electrons. The molecule has 0 spiro atoms. The van der Waals surface area contributed by atoms with Crippen LogP contribution in [0.3, 0.4) is 0 Å². The molecule has 0 amide bonds. The van der Waals surface area contributed by atoms with Crippen LogP contribution >= 0.6 is 11.6 Å². The third kappa shape index (κ3) is 4.01. The minimum Gasteiger partial charge on any atom is -0.493 e. The minimum atomic E-state index is -4.45. The summed E-state index contributed by atoms with van der Waals surface area (Å²) in [5.41, 5.74) is -0.850. The topological polar surface area (TPSA) is 21.3 Å². The van der Waals surface area contributed by atoms with Crippen molar-refractivity contribution >= 4 is 11.6 Å². The lowest BCUT2D eigenvalue weighted by Gasteiger charge is -2.22. The molecule has 0 radical (unpaired) electrons. The fourth-order valence-corrected chi connectivity index (χ4v) is 2.30. The van der Waals surface area contributed by atoms with E-state index in [1.807, 2.05) is 0 Å². The molecular formula is C13H15ClF3NO. The molecule has 1 aliphatic heterocycles. The van der Waals surface area contributed by atoms with E-state index in [4.69, 9.17) is 16.3 Å². The highest BCUT2D eigenvalue weighted by Gasteiger charge is 2.33. The Morgan fingerprint density at radius 1 is 1.26 bits per heavy atom. The van der Waals surface area contributed by atoms with Crippen LogP contribution in [0, 0.1) is 5.92 Å². The first-order chi connectivity index (χ1) is 8.97. The molecule has 2 nitrogen and oxygen atoms in total. The van der Waals surface area contributed by atoms with Gasteiger partial charge in [-0.25, -0.2) is 0 Å². The Morgan fingerprint density at radius 3 is 2.58 bits per heavy atom. The summed E-state index contributed by atoms with van der Waals surface area (Å²) in [5.74, 6) is 0.613. The van der Waals surface area contributed by atoms with E-state index < -0.39 is 11.7 Å². The number of nitrogens with one attached hydrogen (secondary N) is 1. The molecule has 1 aromatic rings. The first-order valence-electron chi connectivity index (χ1n) is 6.17. The van der Waals surface area contributed by atoms with Gasteiger partial charge in [-0.3, -0.25) is 0 Å². The molecule has 19 heavy (non-hydrogen) atoms. The minimum absolute atomic E-state index is 0.218. The Morgan fingerprint density at radius 2 is 1.95 bits per heavy atom. The van der Waals surface area contributed by atoms with Crippen LogP contribution in [0.25, 0.3) is 0 Å². The summed E-state index contributed by atoms with van der Waals surface area (Å²) in [6, 6.07) is 3.66. The van der Waals surface area contributed by atoms with E-state index in [1.165, 1.54) is 12.1 Å². The summed E-state index contributed by atoms with van der Waals surface area (Å²) < 4.78 is 43.5. The number of benzene rings is 1. The predicted octanol–water partition coefficient (Wildman–Crippen LogP) is 3.74. The summed E-state index contributed by atoms with van der Waals surface area (Å²) in [4.78, 5) is 0. The average molecular weight is 294 g/mol. The predicted molar refractivity (Wildman–Crippen MR) is 67.5 cm³/mol. The first kappa shape index (κ1) is 14.5. The van der Waals surface area contributed by atoms with Gasteiger partial charge in [0.25, 0.3) is 0 Å². The molecule has 1 fully saturated rings. The lowest BCUT2D eigenvalue weighted by atomic mass is 9.99. The fraction of sp³-hybridized carbons (Fsp3) is 0.538. The standard InChI is InChI=1S/C13H15ClF3NO/c14-12-2-1-10(7-11(12)13(15,16)17)19-8-9-3-5-18-6-4-9/h1-2,7,9,18H,3-6,8H2. The van der Waals surface area contributed by atoms with E-state index in [-0.39, 0.29) is 10.8 Å². The van der Waals surface area contributed by atoms with Gasteiger partial charge in [-0.15, -0.1) is 0 Å². The van der Waals surface area contributed by atoms with E-state index >= 15 is 0 Å². The Bertz CT molecular complexity index is 430. The smallest absolute Gasteiger partial charge is 0.417 e. The van der Waals surface area contributed by atoms with Gasteiger partial charge in [-0.1, -0.05) is 11.6 Å². The lowest BCUT2D eigenvalue weighted by Crippen LogP contribution is -2.30. The molecular weight excluding hydrogens is 279 g/mol. The fourth-order valence-electron chi connectivity index (χ4n) is 2.07. The van der Waals surface area contributed by atoms with Crippen molar-refractivity contribution < 1.29 is 17.9 Å². The summed E-state index contributed by atoms with van der Waals surface area (Å²) in [5, 5.41) is 2.92. The Hall–Kier alpha value is -0.940. The third-order valence-corrected chi connectivity index (χ3v) is 3.52. The average Bonchev–Trinajstić information content (AvgIpc) is 2.37. The third-order valence-electron chi connectivity index (χ3n) is 3.19. The Balaban J connectivity index is 2.00. The van der Waals surface area contributed by atoms with Crippen molar-refractivity contribution in [3.05, 3.63) is 28.8 Å². The maximum Gasteiger partial charge on any atom is 0.417 e. The molecule has 1 aliphatic rings. The van der Waals surface area contributed by atoms with Gasteiger partial charge in [0, 0.05) is 0 Å². The van der Waals surface area contributed by atoms with Gasteiger partial charge < -0.3 is 10.1 Å². The first-order valence-corrected chi connectivity index (χ1v) is 6.55. The van der Waals surface area contributed by atoms with E-state index in [9.17, 15) is 13.2 Å². The number of piperidine rings is 1. The molecule has 0 aliphatic carbocycles. The molecule has 0 aromatic heterocycles. The zero-order valence-electron chi connectivity index (χ0n) is 10.3. The quantitative estimate of drug-likeness (QED) is 0.917. The normalized spacial score (nSPS) is 17.5. The van der Waals surface area contributed by atoms with Gasteiger partial charge in [0.1, 0.15) is 5.75 Å². The summed E-state index contributed by atoms with van der Waals surface area (Å²) >= 11 is 5.55. The molecule has 0 atom stereocenters. The van der Waals surface area contributed by atoms with Crippen LogP contribution in [0.2, 0.25) is 5.02 Å². The van der Waals surface area contributed by atoms with Gasteiger partial charge in [-0.2, -0.15) is 13.2 Å². The second-order valence-electron chi connectivity index (χ2n) is 4.64. The number of hydrogen-bond donors (Lipinski definition) is 1. The molecule has 6 heteroatoms. The monoisotopic (exact) mass is 293 g/mol. The van der Waals surface area contributed by atoms with Gasteiger partial charge in [0.2, 0.25) is 0 Å². The molecule has 0 unspecified atom stereocenters. The van der Waals surface area contributed by atoms with E-state index in [0.29, 0.717) is 12.5 Å². The molecule has 0 saturated carbocycles. The van der Waals surface area contributed by atoms with Crippen LogP contribution in [0.4, 0.5) is 13.2 Å². The maximum absolute atomic E-state index is 12.7.